The van der Waals surface area contributed by atoms with Crippen LogP contribution in [0.3, 0.4) is 0 Å². The second-order valence-corrected chi connectivity index (χ2v) is 5.49. The molecule has 0 saturated heterocycles. The summed E-state index contributed by atoms with van der Waals surface area (Å²) in [6.07, 6.45) is 2.83. The molecule has 0 saturated carbocycles. The van der Waals surface area contributed by atoms with E-state index in [1.165, 1.54) is 0 Å². The van der Waals surface area contributed by atoms with Crippen molar-refractivity contribution in [2.24, 2.45) is 7.05 Å². The molecule has 0 aliphatic carbocycles. The van der Waals surface area contributed by atoms with Crippen molar-refractivity contribution in [3.05, 3.63) is 34.2 Å². The SMILES string of the molecule is CCc1nn(C)cc1-n1c(-c2cccs2)n[nH]c1=S. The number of H-pyrrole nitrogens is 1. The van der Waals surface area contributed by atoms with Crippen LogP contribution in [-0.4, -0.2) is 24.5 Å². The number of rotatable bonds is 3. The van der Waals surface area contributed by atoms with Gasteiger partial charge in [-0.25, -0.2) is 0 Å². The van der Waals surface area contributed by atoms with E-state index in [1.54, 1.807) is 16.0 Å². The summed E-state index contributed by atoms with van der Waals surface area (Å²) < 4.78 is 4.35. The molecule has 3 heterocycles. The molecule has 0 unspecified atom stereocenters. The monoisotopic (exact) mass is 291 g/mol. The van der Waals surface area contributed by atoms with Gasteiger partial charge < -0.3 is 0 Å². The summed E-state index contributed by atoms with van der Waals surface area (Å²) in [4.78, 5) is 1.08. The molecule has 3 rings (SSSR count). The van der Waals surface area contributed by atoms with Crippen molar-refractivity contribution >= 4 is 23.6 Å². The Morgan fingerprint density at radius 3 is 3.00 bits per heavy atom. The summed E-state index contributed by atoms with van der Waals surface area (Å²) in [5.41, 5.74) is 2.00. The fourth-order valence-corrected chi connectivity index (χ4v) is 2.99. The van der Waals surface area contributed by atoms with Gasteiger partial charge in [-0.05, 0) is 30.1 Å². The summed E-state index contributed by atoms with van der Waals surface area (Å²) in [6.45, 7) is 2.08. The van der Waals surface area contributed by atoms with Gasteiger partial charge in [-0.3, -0.25) is 14.3 Å². The van der Waals surface area contributed by atoms with Gasteiger partial charge in [0, 0.05) is 13.2 Å². The van der Waals surface area contributed by atoms with Gasteiger partial charge in [0.15, 0.2) is 10.6 Å². The third kappa shape index (κ3) is 2.04. The highest BCUT2D eigenvalue weighted by Crippen LogP contribution is 2.26. The molecular weight excluding hydrogens is 278 g/mol. The molecule has 5 nitrogen and oxygen atoms in total. The first-order chi connectivity index (χ1) is 9.20. The molecule has 0 bridgehead atoms. The zero-order valence-electron chi connectivity index (χ0n) is 10.6. The lowest BCUT2D eigenvalue weighted by atomic mass is 10.3. The molecule has 0 aliphatic heterocycles. The van der Waals surface area contributed by atoms with E-state index >= 15 is 0 Å². The summed E-state index contributed by atoms with van der Waals surface area (Å²) in [5.74, 6) is 0.836. The second-order valence-electron chi connectivity index (χ2n) is 4.15. The standard InChI is InChI=1S/C12H13N5S2/c1-3-8-9(7-16(2)15-8)17-11(13-14-12(17)18)10-5-4-6-19-10/h4-7H,3H2,1-2H3,(H,14,18). The Morgan fingerprint density at radius 1 is 1.47 bits per heavy atom. The zero-order valence-corrected chi connectivity index (χ0v) is 12.3. The van der Waals surface area contributed by atoms with Gasteiger partial charge in [0.05, 0.1) is 16.3 Å². The van der Waals surface area contributed by atoms with Gasteiger partial charge in [-0.1, -0.05) is 13.0 Å². The molecule has 0 radical (unpaired) electrons. The maximum atomic E-state index is 5.36. The van der Waals surface area contributed by atoms with Crippen molar-refractivity contribution in [3.63, 3.8) is 0 Å². The summed E-state index contributed by atoms with van der Waals surface area (Å²) in [7, 11) is 1.91. The van der Waals surface area contributed by atoms with E-state index in [0.717, 1.165) is 28.5 Å². The molecule has 0 aromatic carbocycles. The van der Waals surface area contributed by atoms with Crippen LogP contribution in [0.15, 0.2) is 23.7 Å². The van der Waals surface area contributed by atoms with Crippen LogP contribution in [-0.2, 0) is 13.5 Å². The lowest BCUT2D eigenvalue weighted by molar-refractivity contribution is 0.746. The molecule has 19 heavy (non-hydrogen) atoms. The minimum Gasteiger partial charge on any atom is -0.273 e. The highest BCUT2D eigenvalue weighted by Gasteiger charge is 2.16. The number of nitrogens with zero attached hydrogens (tertiary/aromatic N) is 4. The number of aromatic amines is 1. The summed E-state index contributed by atoms with van der Waals surface area (Å²) >= 11 is 7.00. The number of aromatic nitrogens is 5. The molecule has 1 N–H and O–H groups in total. The van der Waals surface area contributed by atoms with Crippen LogP contribution in [0, 0.1) is 4.77 Å². The van der Waals surface area contributed by atoms with E-state index in [0.29, 0.717) is 4.77 Å². The van der Waals surface area contributed by atoms with E-state index < -0.39 is 0 Å². The highest BCUT2D eigenvalue weighted by atomic mass is 32.1. The quantitative estimate of drug-likeness (QED) is 0.755. The molecule has 98 valence electrons. The third-order valence-electron chi connectivity index (χ3n) is 2.87. The van der Waals surface area contributed by atoms with Crippen molar-refractivity contribution in [3.8, 4) is 16.4 Å². The number of thiophene rings is 1. The van der Waals surface area contributed by atoms with Gasteiger partial charge in [-0.2, -0.15) is 10.2 Å². The molecule has 3 aromatic heterocycles. The van der Waals surface area contributed by atoms with Crippen LogP contribution < -0.4 is 0 Å². The Balaban J connectivity index is 2.25. The first-order valence-electron chi connectivity index (χ1n) is 5.95. The fourth-order valence-electron chi connectivity index (χ4n) is 2.05. The molecule has 0 amide bonds. The lowest BCUT2D eigenvalue weighted by Crippen LogP contribution is -1.99. The molecule has 0 aliphatic rings. The maximum absolute atomic E-state index is 5.36. The number of aryl methyl sites for hydroxylation is 2. The topological polar surface area (TPSA) is 51.4 Å². The van der Waals surface area contributed by atoms with Crippen molar-refractivity contribution in [1.82, 2.24) is 24.5 Å². The third-order valence-corrected chi connectivity index (χ3v) is 4.01. The van der Waals surface area contributed by atoms with Crippen molar-refractivity contribution in [1.29, 1.82) is 0 Å². The molecule has 7 heteroatoms. The Morgan fingerprint density at radius 2 is 2.32 bits per heavy atom. The lowest BCUT2D eigenvalue weighted by Gasteiger charge is -2.04. The van der Waals surface area contributed by atoms with E-state index in [4.69, 9.17) is 12.2 Å². The number of nitrogens with one attached hydrogen (secondary N) is 1. The van der Waals surface area contributed by atoms with Crippen LogP contribution in [0.5, 0.6) is 0 Å². The Hall–Kier alpha value is -1.73. The van der Waals surface area contributed by atoms with Gasteiger partial charge in [0.2, 0.25) is 0 Å². The number of hydrogen-bond acceptors (Lipinski definition) is 4. The summed E-state index contributed by atoms with van der Waals surface area (Å²) in [6, 6.07) is 4.04. The molecule has 3 aromatic rings. The van der Waals surface area contributed by atoms with Crippen molar-refractivity contribution in [2.45, 2.75) is 13.3 Å². The van der Waals surface area contributed by atoms with Crippen LogP contribution in [0.2, 0.25) is 0 Å². The minimum atomic E-state index is 0.589. The molecule has 0 spiro atoms. The zero-order chi connectivity index (χ0) is 13.4. The molecular formula is C12H13N5S2. The smallest absolute Gasteiger partial charge is 0.200 e. The number of hydrogen-bond donors (Lipinski definition) is 1. The van der Waals surface area contributed by atoms with Gasteiger partial charge >= 0.3 is 0 Å². The van der Waals surface area contributed by atoms with Gasteiger partial charge in [-0.15, -0.1) is 11.3 Å². The first-order valence-corrected chi connectivity index (χ1v) is 7.23. The molecule has 0 atom stereocenters. The Bertz CT molecular complexity index is 748. The largest absolute Gasteiger partial charge is 0.273 e. The predicted octanol–water partition coefficient (Wildman–Crippen LogP) is 2.95. The minimum absolute atomic E-state index is 0.589. The second kappa shape index (κ2) is 4.75. The van der Waals surface area contributed by atoms with E-state index in [2.05, 4.69) is 22.2 Å². The Kier molecular flexibility index (Phi) is 3.08. The van der Waals surface area contributed by atoms with E-state index in [-0.39, 0.29) is 0 Å². The van der Waals surface area contributed by atoms with Crippen molar-refractivity contribution < 1.29 is 0 Å². The average Bonchev–Trinajstić information content (AvgIpc) is 3.07. The van der Waals surface area contributed by atoms with Gasteiger partial charge in [0.25, 0.3) is 0 Å². The van der Waals surface area contributed by atoms with Crippen LogP contribution in [0.1, 0.15) is 12.6 Å². The van der Waals surface area contributed by atoms with Crippen LogP contribution in [0.4, 0.5) is 0 Å². The van der Waals surface area contributed by atoms with Crippen molar-refractivity contribution in [2.75, 3.05) is 0 Å². The normalized spacial score (nSPS) is 11.1. The van der Waals surface area contributed by atoms with Crippen LogP contribution in [0.25, 0.3) is 16.4 Å². The highest BCUT2D eigenvalue weighted by molar-refractivity contribution is 7.71. The van der Waals surface area contributed by atoms with E-state index in [1.807, 2.05) is 35.3 Å². The Labute approximate surface area is 119 Å². The van der Waals surface area contributed by atoms with E-state index in [9.17, 15) is 0 Å². The van der Waals surface area contributed by atoms with Gasteiger partial charge in [0.1, 0.15) is 0 Å². The molecule has 0 fully saturated rings. The first kappa shape index (κ1) is 12.3. The predicted molar refractivity (Wildman–Crippen MR) is 78.2 cm³/mol. The van der Waals surface area contributed by atoms with Crippen LogP contribution >= 0.6 is 23.6 Å². The fraction of sp³-hybridized carbons (Fsp3) is 0.250. The average molecular weight is 291 g/mol. The maximum Gasteiger partial charge on any atom is 0.200 e. The summed E-state index contributed by atoms with van der Waals surface area (Å²) in [5, 5.41) is 13.7.